The van der Waals surface area contributed by atoms with Crippen molar-refractivity contribution in [3.05, 3.63) is 57.2 Å². The van der Waals surface area contributed by atoms with Gasteiger partial charge in [-0.15, -0.1) is 0 Å². The largest absolute Gasteiger partial charge is 0.378 e. The smallest absolute Gasteiger partial charge is 0.175 e. The van der Waals surface area contributed by atoms with E-state index in [1.54, 1.807) is 12.1 Å². The molecule has 0 saturated heterocycles. The third-order valence-corrected chi connectivity index (χ3v) is 5.21. The molecule has 2 aromatic carbocycles. The first kappa shape index (κ1) is 16.3. The van der Waals surface area contributed by atoms with Crippen LogP contribution in [0.4, 0.5) is 5.69 Å². The number of anilines is 1. The van der Waals surface area contributed by atoms with Crippen LogP contribution in [0.3, 0.4) is 0 Å². The summed E-state index contributed by atoms with van der Waals surface area (Å²) in [5, 5.41) is 3.39. The molecule has 0 spiro atoms. The number of rotatable bonds is 4. The van der Waals surface area contributed by atoms with Crippen LogP contribution in [-0.4, -0.2) is 14.7 Å². The van der Waals surface area contributed by atoms with E-state index in [1.807, 2.05) is 13.0 Å². The molecule has 21 heavy (non-hydrogen) atoms. The molecule has 2 aromatic rings. The first-order chi connectivity index (χ1) is 9.77. The van der Waals surface area contributed by atoms with Crippen molar-refractivity contribution in [3.8, 4) is 0 Å². The molecule has 1 atom stereocenters. The van der Waals surface area contributed by atoms with Crippen LogP contribution in [0.5, 0.6) is 0 Å². The molecule has 0 aliphatic heterocycles. The molecule has 1 N–H and O–H groups in total. The monoisotopic (exact) mass is 415 g/mol. The van der Waals surface area contributed by atoms with Gasteiger partial charge in [-0.3, -0.25) is 0 Å². The summed E-state index contributed by atoms with van der Waals surface area (Å²) in [6.45, 7) is 4.03. The predicted molar refractivity (Wildman–Crippen MR) is 95.5 cm³/mol. The van der Waals surface area contributed by atoms with Crippen LogP contribution in [0.15, 0.2) is 47.4 Å². The molecule has 1 unspecified atom stereocenters. The molecule has 0 bridgehead atoms. The van der Waals surface area contributed by atoms with Crippen molar-refractivity contribution in [1.29, 1.82) is 0 Å². The van der Waals surface area contributed by atoms with Gasteiger partial charge in [-0.1, -0.05) is 18.2 Å². The minimum atomic E-state index is -3.19. The van der Waals surface area contributed by atoms with Gasteiger partial charge in [-0.2, -0.15) is 0 Å². The zero-order valence-corrected chi connectivity index (χ0v) is 15.2. The summed E-state index contributed by atoms with van der Waals surface area (Å²) in [6, 6.07) is 13.6. The van der Waals surface area contributed by atoms with E-state index in [0.717, 1.165) is 11.3 Å². The number of sulfone groups is 1. The van der Waals surface area contributed by atoms with E-state index < -0.39 is 9.84 Å². The number of halogens is 1. The Hall–Kier alpha value is -1.08. The molecule has 0 aromatic heterocycles. The van der Waals surface area contributed by atoms with E-state index >= 15 is 0 Å². The van der Waals surface area contributed by atoms with E-state index in [1.165, 1.54) is 15.4 Å². The van der Waals surface area contributed by atoms with Crippen LogP contribution >= 0.6 is 22.6 Å². The standard InChI is InChI=1S/C16H18INO2S/c1-11-4-9-15(21(3,19)20)10-16(11)18-12(2)13-5-7-14(17)8-6-13/h4-10,12,18H,1-3H3. The minimum absolute atomic E-state index is 0.107. The molecule has 5 heteroatoms. The van der Waals surface area contributed by atoms with Crippen molar-refractivity contribution in [1.82, 2.24) is 0 Å². The Labute approximate surface area is 139 Å². The molecule has 0 amide bonds. The Bertz CT molecular complexity index is 739. The molecule has 0 heterocycles. The fraction of sp³-hybridized carbons (Fsp3) is 0.250. The molecule has 0 aliphatic rings. The molecule has 0 fully saturated rings. The maximum atomic E-state index is 11.7. The van der Waals surface area contributed by atoms with Crippen molar-refractivity contribution in [2.24, 2.45) is 0 Å². The van der Waals surface area contributed by atoms with Gasteiger partial charge in [0.1, 0.15) is 0 Å². The Balaban J connectivity index is 2.28. The lowest BCUT2D eigenvalue weighted by Crippen LogP contribution is -2.08. The average molecular weight is 415 g/mol. The highest BCUT2D eigenvalue weighted by atomic mass is 127. The Kier molecular flexibility index (Phi) is 4.93. The molecule has 0 saturated carbocycles. The lowest BCUT2D eigenvalue weighted by molar-refractivity contribution is 0.602. The van der Waals surface area contributed by atoms with Gasteiger partial charge in [0.2, 0.25) is 0 Å². The first-order valence-corrected chi connectivity index (χ1v) is 9.57. The van der Waals surface area contributed by atoms with Crippen molar-refractivity contribution in [2.45, 2.75) is 24.8 Å². The summed E-state index contributed by atoms with van der Waals surface area (Å²) in [6.07, 6.45) is 1.23. The van der Waals surface area contributed by atoms with Gasteiger partial charge in [0.05, 0.1) is 4.90 Å². The van der Waals surface area contributed by atoms with Crippen LogP contribution in [0.1, 0.15) is 24.1 Å². The highest BCUT2D eigenvalue weighted by molar-refractivity contribution is 14.1. The van der Waals surface area contributed by atoms with Gasteiger partial charge < -0.3 is 5.32 Å². The summed E-state index contributed by atoms with van der Waals surface area (Å²) < 4.78 is 24.5. The van der Waals surface area contributed by atoms with Crippen LogP contribution in [-0.2, 0) is 9.84 Å². The molecule has 2 rings (SSSR count). The van der Waals surface area contributed by atoms with Crippen LogP contribution < -0.4 is 5.32 Å². The Morgan fingerprint density at radius 2 is 1.71 bits per heavy atom. The van der Waals surface area contributed by atoms with Gasteiger partial charge in [0, 0.05) is 21.6 Å². The SMILES string of the molecule is Cc1ccc(S(C)(=O)=O)cc1NC(C)c1ccc(I)cc1. The van der Waals surface area contributed by atoms with Gasteiger partial charge in [-0.25, -0.2) is 8.42 Å². The molecule has 0 aliphatic carbocycles. The summed E-state index contributed by atoms with van der Waals surface area (Å²) in [5.41, 5.74) is 3.04. The highest BCUT2D eigenvalue weighted by Crippen LogP contribution is 2.25. The fourth-order valence-electron chi connectivity index (χ4n) is 2.06. The summed E-state index contributed by atoms with van der Waals surface area (Å²) in [4.78, 5) is 0.338. The number of hydrogen-bond donors (Lipinski definition) is 1. The summed E-state index contributed by atoms with van der Waals surface area (Å²) in [5.74, 6) is 0. The third kappa shape index (κ3) is 4.20. The molecule has 3 nitrogen and oxygen atoms in total. The van der Waals surface area contributed by atoms with Gasteiger partial charge in [0.15, 0.2) is 9.84 Å². The number of benzene rings is 2. The topological polar surface area (TPSA) is 46.2 Å². The quantitative estimate of drug-likeness (QED) is 0.763. The highest BCUT2D eigenvalue weighted by Gasteiger charge is 2.12. The van der Waals surface area contributed by atoms with Crippen LogP contribution in [0, 0.1) is 10.5 Å². The lowest BCUT2D eigenvalue weighted by atomic mass is 10.1. The number of nitrogens with one attached hydrogen (secondary N) is 1. The van der Waals surface area contributed by atoms with Crippen LogP contribution in [0.2, 0.25) is 0 Å². The zero-order chi connectivity index (χ0) is 15.6. The second-order valence-electron chi connectivity index (χ2n) is 5.17. The van der Waals surface area contributed by atoms with E-state index in [0.29, 0.717) is 4.90 Å². The summed E-state index contributed by atoms with van der Waals surface area (Å²) >= 11 is 2.27. The first-order valence-electron chi connectivity index (χ1n) is 6.60. The van der Waals surface area contributed by atoms with E-state index in [-0.39, 0.29) is 6.04 Å². The maximum absolute atomic E-state index is 11.7. The fourth-order valence-corrected chi connectivity index (χ4v) is 3.06. The summed E-state index contributed by atoms with van der Waals surface area (Å²) in [7, 11) is -3.19. The van der Waals surface area contributed by atoms with Crippen molar-refractivity contribution in [2.75, 3.05) is 11.6 Å². The lowest BCUT2D eigenvalue weighted by Gasteiger charge is -2.18. The van der Waals surface area contributed by atoms with Crippen molar-refractivity contribution >= 4 is 38.1 Å². The average Bonchev–Trinajstić information content (AvgIpc) is 2.40. The second-order valence-corrected chi connectivity index (χ2v) is 8.43. The number of aryl methyl sites for hydroxylation is 1. The number of hydrogen-bond acceptors (Lipinski definition) is 3. The molecular weight excluding hydrogens is 397 g/mol. The Morgan fingerprint density at radius 1 is 1.10 bits per heavy atom. The van der Waals surface area contributed by atoms with E-state index in [9.17, 15) is 8.42 Å². The molecular formula is C16H18INO2S. The third-order valence-electron chi connectivity index (χ3n) is 3.38. The van der Waals surface area contributed by atoms with Gasteiger partial charge in [0.25, 0.3) is 0 Å². The van der Waals surface area contributed by atoms with Crippen molar-refractivity contribution < 1.29 is 8.42 Å². The Morgan fingerprint density at radius 3 is 2.29 bits per heavy atom. The van der Waals surface area contributed by atoms with Crippen molar-refractivity contribution in [3.63, 3.8) is 0 Å². The minimum Gasteiger partial charge on any atom is -0.378 e. The maximum Gasteiger partial charge on any atom is 0.175 e. The van der Waals surface area contributed by atoms with Gasteiger partial charge >= 0.3 is 0 Å². The van der Waals surface area contributed by atoms with Crippen LogP contribution in [0.25, 0.3) is 0 Å². The van der Waals surface area contributed by atoms with E-state index in [4.69, 9.17) is 0 Å². The molecule has 0 radical (unpaired) electrons. The second kappa shape index (κ2) is 6.36. The normalized spacial score (nSPS) is 13.0. The zero-order valence-electron chi connectivity index (χ0n) is 12.2. The molecule has 112 valence electrons. The predicted octanol–water partition coefficient (Wildman–Crippen LogP) is 4.18. The van der Waals surface area contributed by atoms with E-state index in [2.05, 4.69) is 59.1 Å². The van der Waals surface area contributed by atoms with Gasteiger partial charge in [-0.05, 0) is 71.8 Å².